The highest BCUT2D eigenvalue weighted by Gasteiger charge is 2.24. The molecular formula is C18H17ClFN5O. The molecule has 0 saturated carbocycles. The second kappa shape index (κ2) is 7.23. The van der Waals surface area contributed by atoms with E-state index in [0.717, 1.165) is 5.56 Å². The summed E-state index contributed by atoms with van der Waals surface area (Å²) in [5.41, 5.74) is 7.91. The molecule has 0 aliphatic heterocycles. The molecule has 4 N–H and O–H groups in total. The monoisotopic (exact) mass is 373 g/mol. The van der Waals surface area contributed by atoms with Crippen molar-refractivity contribution >= 4 is 27.9 Å². The molecule has 1 aromatic carbocycles. The fraction of sp³-hybridized carbons (Fsp3) is 0.167. The van der Waals surface area contributed by atoms with Gasteiger partial charge < -0.3 is 5.73 Å². The third-order valence-corrected chi connectivity index (χ3v) is 4.57. The highest BCUT2D eigenvalue weighted by Crippen LogP contribution is 2.32. The minimum atomic E-state index is -1.52. The molecule has 2 heterocycles. The van der Waals surface area contributed by atoms with E-state index >= 15 is 0 Å². The molecule has 2 atom stereocenters. The van der Waals surface area contributed by atoms with Crippen LogP contribution in [0.3, 0.4) is 0 Å². The Morgan fingerprint density at radius 1 is 1.38 bits per heavy atom. The van der Waals surface area contributed by atoms with Crippen LogP contribution in [0, 0.1) is 0 Å². The van der Waals surface area contributed by atoms with Crippen LogP contribution in [-0.2, 0) is 6.54 Å². The summed E-state index contributed by atoms with van der Waals surface area (Å²) in [5.74, 6) is 0. The number of nitrogens with one attached hydrogen (secondary N) is 2. The average molecular weight is 374 g/mol. The fourth-order valence-corrected chi connectivity index (χ4v) is 2.89. The summed E-state index contributed by atoms with van der Waals surface area (Å²) in [7, 11) is 0. The summed E-state index contributed by atoms with van der Waals surface area (Å²) < 4.78 is 14.5. The van der Waals surface area contributed by atoms with E-state index in [1.54, 1.807) is 24.4 Å². The SMILES string of the molecule is C=C[C@H](Cl)C(F)C(=C)c1[nH]ncc1-c1ccc2c(=O)[nH]nc(CN)c2c1. The van der Waals surface area contributed by atoms with Crippen molar-refractivity contribution in [2.75, 3.05) is 0 Å². The Morgan fingerprint density at radius 3 is 2.85 bits per heavy atom. The van der Waals surface area contributed by atoms with Crippen molar-refractivity contribution in [3.05, 3.63) is 65.4 Å². The largest absolute Gasteiger partial charge is 0.325 e. The van der Waals surface area contributed by atoms with Crippen LogP contribution in [0.5, 0.6) is 0 Å². The van der Waals surface area contributed by atoms with Crippen LogP contribution in [0.2, 0.25) is 0 Å². The number of aromatic amines is 2. The smallest absolute Gasteiger partial charge is 0.272 e. The standard InChI is InChI=1S/C18H17ClFN5O/c1-3-14(19)16(20)9(2)17-13(8-22-24-17)10-4-5-11-12(6-10)15(7-21)23-25-18(11)26/h3-6,8,14,16H,1-2,7,21H2,(H,22,24)(H,25,26)/t14-,16?/m0/s1. The lowest BCUT2D eigenvalue weighted by Gasteiger charge is -2.14. The molecule has 26 heavy (non-hydrogen) atoms. The average Bonchev–Trinajstić information content (AvgIpc) is 3.16. The first-order chi connectivity index (χ1) is 12.5. The second-order valence-electron chi connectivity index (χ2n) is 5.73. The molecule has 2 aromatic heterocycles. The van der Waals surface area contributed by atoms with Gasteiger partial charge >= 0.3 is 0 Å². The molecule has 3 rings (SSSR count). The lowest BCUT2D eigenvalue weighted by atomic mass is 9.97. The van der Waals surface area contributed by atoms with Crippen molar-refractivity contribution < 1.29 is 4.39 Å². The molecule has 8 heteroatoms. The van der Waals surface area contributed by atoms with Crippen molar-refractivity contribution in [1.29, 1.82) is 0 Å². The molecule has 0 aliphatic rings. The number of aromatic nitrogens is 4. The predicted molar refractivity (Wildman–Crippen MR) is 102 cm³/mol. The summed E-state index contributed by atoms with van der Waals surface area (Å²) in [5, 5.41) is 13.4. The molecule has 0 aliphatic carbocycles. The van der Waals surface area contributed by atoms with E-state index in [4.69, 9.17) is 17.3 Å². The van der Waals surface area contributed by atoms with Gasteiger partial charge in [0.15, 0.2) is 0 Å². The summed E-state index contributed by atoms with van der Waals surface area (Å²) in [6, 6.07) is 5.20. The zero-order valence-corrected chi connectivity index (χ0v) is 14.6. The highest BCUT2D eigenvalue weighted by molar-refractivity contribution is 6.23. The molecule has 3 aromatic rings. The van der Waals surface area contributed by atoms with Crippen LogP contribution in [0.15, 0.2) is 48.4 Å². The molecule has 0 radical (unpaired) electrons. The van der Waals surface area contributed by atoms with Crippen LogP contribution < -0.4 is 11.3 Å². The van der Waals surface area contributed by atoms with E-state index in [-0.39, 0.29) is 17.7 Å². The lowest BCUT2D eigenvalue weighted by molar-refractivity contribution is 0.419. The maximum Gasteiger partial charge on any atom is 0.272 e. The molecular weight excluding hydrogens is 357 g/mol. The maximum atomic E-state index is 14.5. The molecule has 0 spiro atoms. The van der Waals surface area contributed by atoms with Gasteiger partial charge in [0.1, 0.15) is 6.17 Å². The molecule has 6 nitrogen and oxygen atoms in total. The van der Waals surface area contributed by atoms with Crippen LogP contribution >= 0.6 is 11.6 Å². The van der Waals surface area contributed by atoms with Gasteiger partial charge in [0.25, 0.3) is 5.56 Å². The zero-order chi connectivity index (χ0) is 18.8. The van der Waals surface area contributed by atoms with Crippen molar-refractivity contribution in [1.82, 2.24) is 20.4 Å². The Balaban J connectivity index is 2.12. The van der Waals surface area contributed by atoms with Gasteiger partial charge in [-0.1, -0.05) is 18.7 Å². The minimum Gasteiger partial charge on any atom is -0.325 e. The number of rotatable bonds is 6. The Kier molecular flexibility index (Phi) is 5.01. The molecule has 0 bridgehead atoms. The Morgan fingerprint density at radius 2 is 2.15 bits per heavy atom. The van der Waals surface area contributed by atoms with Crippen LogP contribution in [-0.4, -0.2) is 31.9 Å². The number of nitrogens with zero attached hydrogens (tertiary/aromatic N) is 2. The number of benzene rings is 1. The topological polar surface area (TPSA) is 100 Å². The maximum absolute atomic E-state index is 14.5. The number of allylic oxidation sites excluding steroid dienone is 2. The van der Waals surface area contributed by atoms with E-state index in [9.17, 15) is 9.18 Å². The first-order valence-electron chi connectivity index (χ1n) is 7.83. The fourth-order valence-electron chi connectivity index (χ4n) is 2.74. The number of hydrogen-bond donors (Lipinski definition) is 3. The quantitative estimate of drug-likeness (QED) is 0.456. The van der Waals surface area contributed by atoms with Gasteiger partial charge in [-0.2, -0.15) is 10.2 Å². The van der Waals surface area contributed by atoms with Crippen LogP contribution in [0.4, 0.5) is 4.39 Å². The van der Waals surface area contributed by atoms with E-state index in [1.807, 2.05) is 0 Å². The summed E-state index contributed by atoms with van der Waals surface area (Å²) in [6.07, 6.45) is 1.36. The predicted octanol–water partition coefficient (Wildman–Crippen LogP) is 2.92. The van der Waals surface area contributed by atoms with E-state index in [1.165, 1.54) is 6.08 Å². The lowest BCUT2D eigenvalue weighted by Crippen LogP contribution is -2.15. The first kappa shape index (κ1) is 18.0. The van der Waals surface area contributed by atoms with Gasteiger partial charge in [0, 0.05) is 23.1 Å². The van der Waals surface area contributed by atoms with Gasteiger partial charge in [0.2, 0.25) is 0 Å². The van der Waals surface area contributed by atoms with Crippen LogP contribution in [0.25, 0.3) is 27.5 Å². The number of nitrogens with two attached hydrogens (primary N) is 1. The second-order valence-corrected chi connectivity index (χ2v) is 6.23. The van der Waals surface area contributed by atoms with E-state index in [0.29, 0.717) is 27.7 Å². The zero-order valence-electron chi connectivity index (χ0n) is 13.8. The summed E-state index contributed by atoms with van der Waals surface area (Å²) in [4.78, 5) is 12.0. The van der Waals surface area contributed by atoms with Gasteiger partial charge in [-0.05, 0) is 17.7 Å². The molecule has 0 amide bonds. The van der Waals surface area contributed by atoms with Crippen molar-refractivity contribution in [2.24, 2.45) is 5.73 Å². The van der Waals surface area contributed by atoms with Gasteiger partial charge in [-0.3, -0.25) is 9.89 Å². The third-order valence-electron chi connectivity index (χ3n) is 4.17. The minimum absolute atomic E-state index is 0.167. The molecule has 1 unspecified atom stereocenters. The Bertz CT molecular complexity index is 1040. The summed E-state index contributed by atoms with van der Waals surface area (Å²) in [6.45, 7) is 7.46. The number of H-pyrrole nitrogens is 2. The molecule has 0 fully saturated rings. The van der Waals surface area contributed by atoms with Crippen LogP contribution in [0.1, 0.15) is 11.4 Å². The van der Waals surface area contributed by atoms with Gasteiger partial charge in [0.05, 0.1) is 28.3 Å². The highest BCUT2D eigenvalue weighted by atomic mass is 35.5. The normalized spacial score (nSPS) is 13.5. The Hall–Kier alpha value is -2.77. The molecule has 0 saturated heterocycles. The number of fused-ring (bicyclic) bond motifs is 1. The molecule has 134 valence electrons. The van der Waals surface area contributed by atoms with Gasteiger partial charge in [-0.25, -0.2) is 9.49 Å². The van der Waals surface area contributed by atoms with Crippen molar-refractivity contribution in [3.63, 3.8) is 0 Å². The number of alkyl halides is 2. The number of halogens is 2. The number of hydrogen-bond acceptors (Lipinski definition) is 4. The van der Waals surface area contributed by atoms with Crippen molar-refractivity contribution in [2.45, 2.75) is 18.1 Å². The first-order valence-corrected chi connectivity index (χ1v) is 8.26. The van der Waals surface area contributed by atoms with Crippen molar-refractivity contribution in [3.8, 4) is 11.1 Å². The summed E-state index contributed by atoms with van der Waals surface area (Å²) >= 11 is 5.91. The van der Waals surface area contributed by atoms with E-state index in [2.05, 4.69) is 33.6 Å². The van der Waals surface area contributed by atoms with Gasteiger partial charge in [-0.15, -0.1) is 18.2 Å². The third kappa shape index (κ3) is 3.07. The van der Waals surface area contributed by atoms with E-state index < -0.39 is 11.5 Å². The Labute approximate surface area is 153 Å².